The summed E-state index contributed by atoms with van der Waals surface area (Å²) in [5, 5.41) is 0.729. The normalized spacial score (nSPS) is 20.5. The molecule has 102 valence electrons. The van der Waals surface area contributed by atoms with E-state index >= 15 is 0 Å². The highest BCUT2D eigenvalue weighted by Gasteiger charge is 2.43. The van der Waals surface area contributed by atoms with Crippen LogP contribution in [0.5, 0.6) is 5.75 Å². The molecule has 0 N–H and O–H groups in total. The van der Waals surface area contributed by atoms with Gasteiger partial charge < -0.3 is 4.74 Å². The highest BCUT2D eigenvalue weighted by atomic mass is 35.5. The van der Waals surface area contributed by atoms with Gasteiger partial charge in [0.1, 0.15) is 5.75 Å². The fourth-order valence-electron chi connectivity index (χ4n) is 2.53. The molecule has 0 aromatic heterocycles. The molecule has 0 bridgehead atoms. The van der Waals surface area contributed by atoms with E-state index in [0.717, 1.165) is 22.8 Å². The van der Waals surface area contributed by atoms with Crippen LogP contribution in [-0.2, 0) is 0 Å². The van der Waals surface area contributed by atoms with Gasteiger partial charge in [-0.15, -0.1) is 0 Å². The van der Waals surface area contributed by atoms with Gasteiger partial charge >= 0.3 is 0 Å². The third kappa shape index (κ3) is 2.56. The van der Waals surface area contributed by atoms with Crippen LogP contribution in [0.2, 0.25) is 5.02 Å². The topological polar surface area (TPSA) is 26.3 Å². The molecule has 0 aliphatic heterocycles. The van der Waals surface area contributed by atoms with E-state index < -0.39 is 0 Å². The van der Waals surface area contributed by atoms with Crippen LogP contribution >= 0.6 is 11.6 Å². The van der Waals surface area contributed by atoms with Crippen LogP contribution in [0.4, 0.5) is 0 Å². The average molecular weight is 287 g/mol. The highest BCUT2D eigenvalue weighted by Crippen LogP contribution is 2.49. The molecular weight excluding hydrogens is 272 g/mol. The van der Waals surface area contributed by atoms with Crippen molar-refractivity contribution in [2.75, 3.05) is 7.11 Å². The predicted octanol–water partition coefficient (Wildman–Crippen LogP) is 4.34. The van der Waals surface area contributed by atoms with Gasteiger partial charge in [0.05, 0.1) is 7.11 Å². The van der Waals surface area contributed by atoms with E-state index in [9.17, 15) is 4.79 Å². The minimum absolute atomic E-state index is 0.101. The van der Waals surface area contributed by atoms with Crippen LogP contribution < -0.4 is 4.74 Å². The van der Waals surface area contributed by atoms with E-state index in [4.69, 9.17) is 16.3 Å². The first-order valence-corrected chi connectivity index (χ1v) is 7.00. The Morgan fingerprint density at radius 1 is 1.10 bits per heavy atom. The molecule has 0 radical (unpaired) electrons. The van der Waals surface area contributed by atoms with Gasteiger partial charge in [0, 0.05) is 16.5 Å². The highest BCUT2D eigenvalue weighted by molar-refractivity contribution is 6.30. The van der Waals surface area contributed by atoms with Crippen molar-refractivity contribution in [3.8, 4) is 5.75 Å². The molecule has 3 heteroatoms. The molecule has 2 atom stereocenters. The summed E-state index contributed by atoms with van der Waals surface area (Å²) in [5.41, 5.74) is 1.95. The number of hydrogen-bond acceptors (Lipinski definition) is 2. The van der Waals surface area contributed by atoms with Crippen LogP contribution in [0.15, 0.2) is 48.5 Å². The summed E-state index contributed by atoms with van der Waals surface area (Å²) in [5.74, 6) is 1.42. The van der Waals surface area contributed by atoms with E-state index in [1.807, 2.05) is 48.5 Å². The summed E-state index contributed by atoms with van der Waals surface area (Å²) in [4.78, 5) is 12.4. The van der Waals surface area contributed by atoms with Crippen LogP contribution in [0, 0.1) is 5.92 Å². The lowest BCUT2D eigenvalue weighted by atomic mass is 10.0. The Morgan fingerprint density at radius 3 is 2.35 bits per heavy atom. The lowest BCUT2D eigenvalue weighted by molar-refractivity contribution is 0.0965. The van der Waals surface area contributed by atoms with Gasteiger partial charge in [-0.3, -0.25) is 4.79 Å². The SMILES string of the molecule is COc1ccc(C(=O)[C@@H]2C[C@@H]2c2ccc(Cl)cc2)cc1. The molecule has 2 aromatic rings. The van der Waals surface area contributed by atoms with Crippen molar-refractivity contribution in [3.63, 3.8) is 0 Å². The number of hydrogen-bond donors (Lipinski definition) is 0. The second-order valence-electron chi connectivity index (χ2n) is 5.09. The Morgan fingerprint density at radius 2 is 1.75 bits per heavy atom. The number of ether oxygens (including phenoxy) is 1. The summed E-state index contributed by atoms with van der Waals surface area (Å²) < 4.78 is 5.10. The molecule has 1 aliphatic carbocycles. The largest absolute Gasteiger partial charge is 0.497 e. The van der Waals surface area contributed by atoms with Crippen molar-refractivity contribution >= 4 is 17.4 Å². The van der Waals surface area contributed by atoms with Crippen molar-refractivity contribution in [2.24, 2.45) is 5.92 Å². The van der Waals surface area contributed by atoms with Crippen molar-refractivity contribution in [1.29, 1.82) is 0 Å². The Bertz CT molecular complexity index is 616. The lowest BCUT2D eigenvalue weighted by Crippen LogP contribution is -2.03. The number of methoxy groups -OCH3 is 1. The van der Waals surface area contributed by atoms with Gasteiger partial charge in [0.25, 0.3) is 0 Å². The van der Waals surface area contributed by atoms with Gasteiger partial charge in [-0.25, -0.2) is 0 Å². The van der Waals surface area contributed by atoms with E-state index in [1.165, 1.54) is 5.56 Å². The summed E-state index contributed by atoms with van der Waals surface area (Å²) >= 11 is 5.88. The number of carbonyl (C=O) groups is 1. The van der Waals surface area contributed by atoms with Gasteiger partial charge in [-0.1, -0.05) is 23.7 Å². The van der Waals surface area contributed by atoms with E-state index in [-0.39, 0.29) is 11.7 Å². The maximum atomic E-state index is 12.4. The molecule has 0 heterocycles. The molecule has 3 rings (SSSR count). The van der Waals surface area contributed by atoms with E-state index in [2.05, 4.69) is 0 Å². The first-order valence-electron chi connectivity index (χ1n) is 6.63. The Hall–Kier alpha value is -1.80. The fraction of sp³-hybridized carbons (Fsp3) is 0.235. The van der Waals surface area contributed by atoms with Gasteiger partial charge in [-0.2, -0.15) is 0 Å². The van der Waals surface area contributed by atoms with Crippen molar-refractivity contribution in [3.05, 3.63) is 64.7 Å². The zero-order chi connectivity index (χ0) is 14.1. The summed E-state index contributed by atoms with van der Waals surface area (Å²) in [6, 6.07) is 15.1. The van der Waals surface area contributed by atoms with Gasteiger partial charge in [-0.05, 0) is 54.3 Å². The number of benzene rings is 2. The molecule has 0 unspecified atom stereocenters. The molecule has 2 aromatic carbocycles. The van der Waals surface area contributed by atoms with E-state index in [1.54, 1.807) is 7.11 Å². The molecule has 0 saturated heterocycles. The Kier molecular flexibility index (Phi) is 3.49. The minimum atomic E-state index is 0.101. The van der Waals surface area contributed by atoms with Gasteiger partial charge in [0.15, 0.2) is 5.78 Å². The quantitative estimate of drug-likeness (QED) is 0.782. The zero-order valence-electron chi connectivity index (χ0n) is 11.2. The number of ketones is 1. The summed E-state index contributed by atoms with van der Waals surface area (Å²) in [6.07, 6.45) is 0.923. The maximum absolute atomic E-state index is 12.4. The number of carbonyl (C=O) groups excluding carboxylic acids is 1. The standard InChI is InChI=1S/C17H15ClO2/c1-20-14-8-4-12(5-9-14)17(19)16-10-15(16)11-2-6-13(18)7-3-11/h2-9,15-16H,10H2,1H3/t15-,16-/m1/s1. The second-order valence-corrected chi connectivity index (χ2v) is 5.53. The second kappa shape index (κ2) is 5.29. The van der Waals surface area contributed by atoms with Gasteiger partial charge in [0.2, 0.25) is 0 Å². The molecule has 1 fully saturated rings. The summed E-state index contributed by atoms with van der Waals surface area (Å²) in [6.45, 7) is 0. The third-order valence-corrected chi connectivity index (χ3v) is 4.05. The molecule has 20 heavy (non-hydrogen) atoms. The molecule has 0 spiro atoms. The monoisotopic (exact) mass is 286 g/mol. The van der Waals surface area contributed by atoms with Crippen LogP contribution in [0.1, 0.15) is 28.3 Å². The minimum Gasteiger partial charge on any atom is -0.497 e. The molecule has 2 nitrogen and oxygen atoms in total. The van der Waals surface area contributed by atoms with Crippen LogP contribution in [0.25, 0.3) is 0 Å². The maximum Gasteiger partial charge on any atom is 0.166 e. The first kappa shape index (κ1) is 13.2. The zero-order valence-corrected chi connectivity index (χ0v) is 11.9. The summed E-state index contributed by atoms with van der Waals surface area (Å²) in [7, 11) is 1.62. The molecular formula is C17H15ClO2. The number of Topliss-reactive ketones (excluding diaryl/α,β-unsaturated/α-hetero) is 1. The van der Waals surface area contributed by atoms with Crippen LogP contribution in [0.3, 0.4) is 0 Å². The Balaban J connectivity index is 1.71. The molecule has 0 amide bonds. The van der Waals surface area contributed by atoms with Crippen molar-refractivity contribution in [1.82, 2.24) is 0 Å². The van der Waals surface area contributed by atoms with E-state index in [0.29, 0.717) is 5.92 Å². The number of halogens is 1. The smallest absolute Gasteiger partial charge is 0.166 e. The third-order valence-electron chi connectivity index (χ3n) is 3.80. The predicted molar refractivity (Wildman–Crippen MR) is 79.6 cm³/mol. The fourth-order valence-corrected chi connectivity index (χ4v) is 2.66. The van der Waals surface area contributed by atoms with Crippen molar-refractivity contribution < 1.29 is 9.53 Å². The number of rotatable bonds is 4. The molecule has 1 saturated carbocycles. The average Bonchev–Trinajstić information content (AvgIpc) is 3.28. The molecule has 1 aliphatic rings. The first-order chi connectivity index (χ1) is 9.69. The Labute approximate surface area is 123 Å². The van der Waals surface area contributed by atoms with Crippen molar-refractivity contribution in [2.45, 2.75) is 12.3 Å². The van der Waals surface area contributed by atoms with Crippen LogP contribution in [-0.4, -0.2) is 12.9 Å². The lowest BCUT2D eigenvalue weighted by Gasteiger charge is -2.03.